The molecule has 3 aromatic rings. The molecule has 184 valence electrons. The molecule has 0 atom stereocenters. The van der Waals surface area contributed by atoms with Crippen LogP contribution in [-0.2, 0) is 16.7 Å². The molecule has 0 unspecified atom stereocenters. The second kappa shape index (κ2) is 10.4. The van der Waals surface area contributed by atoms with Gasteiger partial charge in [-0.3, -0.25) is 9.78 Å². The molecular formula is C25H29N5O4S. The van der Waals surface area contributed by atoms with E-state index in [1.807, 2.05) is 18.2 Å². The van der Waals surface area contributed by atoms with E-state index in [9.17, 15) is 13.2 Å². The predicted molar refractivity (Wildman–Crippen MR) is 137 cm³/mol. The molecule has 0 amide bonds. The standard InChI is InChI=1S/C25H29N5O4S/c1-27-35(32,33)34-22-7-3-18(4-8-22)19-5-9-23(26)20(15-19)16-25(31)24-10-6-21(17-28-24)30-13-11-29(2)12-14-30/h3-10,15,17,27H,11-14,16,26H2,1-2H3. The minimum Gasteiger partial charge on any atom is -0.398 e. The lowest BCUT2D eigenvalue weighted by Gasteiger charge is -2.33. The van der Waals surface area contributed by atoms with E-state index in [0.29, 0.717) is 16.9 Å². The maximum absolute atomic E-state index is 12.9. The molecule has 10 heteroatoms. The van der Waals surface area contributed by atoms with Crippen LogP contribution in [0.5, 0.6) is 5.75 Å². The van der Waals surface area contributed by atoms with Crippen LogP contribution in [0.25, 0.3) is 11.1 Å². The minimum absolute atomic E-state index is 0.111. The summed E-state index contributed by atoms with van der Waals surface area (Å²) >= 11 is 0. The van der Waals surface area contributed by atoms with Crippen molar-refractivity contribution < 1.29 is 17.4 Å². The van der Waals surface area contributed by atoms with Crippen LogP contribution in [0, 0.1) is 0 Å². The Balaban J connectivity index is 1.46. The van der Waals surface area contributed by atoms with Crippen LogP contribution in [0.2, 0.25) is 0 Å². The Kier molecular flexibility index (Phi) is 7.34. The summed E-state index contributed by atoms with van der Waals surface area (Å²) in [5, 5.41) is 0. The van der Waals surface area contributed by atoms with Crippen LogP contribution in [-0.4, -0.2) is 64.4 Å². The maximum atomic E-state index is 12.9. The van der Waals surface area contributed by atoms with E-state index in [1.54, 1.807) is 42.6 Å². The monoisotopic (exact) mass is 495 g/mol. The van der Waals surface area contributed by atoms with Gasteiger partial charge in [-0.25, -0.2) is 0 Å². The summed E-state index contributed by atoms with van der Waals surface area (Å²) in [5.74, 6) is 0.0832. The Morgan fingerprint density at radius 2 is 1.71 bits per heavy atom. The van der Waals surface area contributed by atoms with Crippen LogP contribution in [0.1, 0.15) is 16.1 Å². The molecule has 4 rings (SSSR count). The first-order chi connectivity index (χ1) is 16.7. The number of ketones is 1. The Morgan fingerprint density at radius 1 is 1.03 bits per heavy atom. The van der Waals surface area contributed by atoms with E-state index >= 15 is 0 Å². The predicted octanol–water partition coefficient (Wildman–Crippen LogP) is 2.35. The van der Waals surface area contributed by atoms with E-state index in [4.69, 9.17) is 9.92 Å². The minimum atomic E-state index is -3.83. The van der Waals surface area contributed by atoms with Crippen molar-refractivity contribution in [1.29, 1.82) is 0 Å². The fraction of sp³-hybridized carbons (Fsp3) is 0.280. The SMILES string of the molecule is CNS(=O)(=O)Oc1ccc(-c2ccc(N)c(CC(=O)c3ccc(N4CCN(C)CC4)cn3)c2)cc1. The Morgan fingerprint density at radius 3 is 2.34 bits per heavy atom. The number of nitrogens with two attached hydrogens (primary N) is 1. The zero-order chi connectivity index (χ0) is 25.0. The van der Waals surface area contributed by atoms with Crippen molar-refractivity contribution in [2.75, 3.05) is 50.9 Å². The normalized spacial score (nSPS) is 14.6. The second-order valence-corrected chi connectivity index (χ2v) is 9.95. The number of aromatic nitrogens is 1. The van der Waals surface area contributed by atoms with Gasteiger partial charge in [0.05, 0.1) is 11.9 Å². The number of piperazine rings is 1. The fourth-order valence-electron chi connectivity index (χ4n) is 3.88. The van der Waals surface area contributed by atoms with Gasteiger partial charge in [0.15, 0.2) is 5.78 Å². The first kappa shape index (κ1) is 24.6. The van der Waals surface area contributed by atoms with Gasteiger partial charge in [-0.1, -0.05) is 18.2 Å². The molecule has 2 aromatic carbocycles. The second-order valence-electron chi connectivity index (χ2n) is 8.47. The summed E-state index contributed by atoms with van der Waals surface area (Å²) in [6, 6.07) is 15.8. The summed E-state index contributed by atoms with van der Waals surface area (Å²) in [6.07, 6.45) is 1.89. The lowest BCUT2D eigenvalue weighted by molar-refractivity contribution is 0.0988. The molecule has 1 saturated heterocycles. The molecule has 0 radical (unpaired) electrons. The van der Waals surface area contributed by atoms with Gasteiger partial charge in [-0.15, -0.1) is 0 Å². The highest BCUT2D eigenvalue weighted by Crippen LogP contribution is 2.27. The summed E-state index contributed by atoms with van der Waals surface area (Å²) in [6.45, 7) is 3.88. The average Bonchev–Trinajstić information content (AvgIpc) is 2.86. The third-order valence-corrected chi connectivity index (χ3v) is 6.95. The summed E-state index contributed by atoms with van der Waals surface area (Å²) in [5.41, 5.74) is 10.5. The quantitative estimate of drug-likeness (QED) is 0.361. The molecule has 1 aromatic heterocycles. The first-order valence-corrected chi connectivity index (χ1v) is 12.7. The zero-order valence-electron chi connectivity index (χ0n) is 19.8. The fourth-order valence-corrected chi connectivity index (χ4v) is 4.32. The smallest absolute Gasteiger partial charge is 0.382 e. The van der Waals surface area contributed by atoms with E-state index < -0.39 is 10.3 Å². The molecule has 0 bridgehead atoms. The molecule has 1 fully saturated rings. The van der Waals surface area contributed by atoms with Gasteiger partial charge in [0.2, 0.25) is 0 Å². The van der Waals surface area contributed by atoms with Crippen LogP contribution >= 0.6 is 0 Å². The van der Waals surface area contributed by atoms with E-state index in [0.717, 1.165) is 43.0 Å². The van der Waals surface area contributed by atoms with Gasteiger partial charge < -0.3 is 19.7 Å². The number of pyridine rings is 1. The molecule has 2 heterocycles. The van der Waals surface area contributed by atoms with Crippen molar-refractivity contribution in [3.05, 3.63) is 72.1 Å². The van der Waals surface area contributed by atoms with E-state index in [1.165, 1.54) is 7.05 Å². The molecule has 9 nitrogen and oxygen atoms in total. The van der Waals surface area contributed by atoms with Gasteiger partial charge in [0, 0.05) is 45.3 Å². The Labute approximate surface area is 205 Å². The van der Waals surface area contributed by atoms with Gasteiger partial charge >= 0.3 is 10.3 Å². The number of rotatable bonds is 8. The molecule has 1 aliphatic rings. The van der Waals surface area contributed by atoms with Crippen LogP contribution < -0.4 is 19.5 Å². The molecule has 1 aliphatic heterocycles. The number of anilines is 2. The molecule has 0 spiro atoms. The molecule has 0 aliphatic carbocycles. The molecule has 3 N–H and O–H groups in total. The lowest BCUT2D eigenvalue weighted by Crippen LogP contribution is -2.44. The molecular weight excluding hydrogens is 466 g/mol. The third-order valence-electron chi connectivity index (χ3n) is 6.04. The van der Waals surface area contributed by atoms with Crippen LogP contribution in [0.15, 0.2) is 60.8 Å². The number of Topliss-reactive ketones (excluding diaryl/α,β-unsaturated/α-hetero) is 1. The maximum Gasteiger partial charge on any atom is 0.382 e. The highest BCUT2D eigenvalue weighted by Gasteiger charge is 2.17. The topological polar surface area (TPSA) is 118 Å². The molecule has 35 heavy (non-hydrogen) atoms. The van der Waals surface area contributed by atoms with Crippen molar-refractivity contribution in [2.45, 2.75) is 6.42 Å². The first-order valence-electron chi connectivity index (χ1n) is 11.3. The highest BCUT2D eigenvalue weighted by molar-refractivity contribution is 7.85. The number of benzene rings is 2. The summed E-state index contributed by atoms with van der Waals surface area (Å²) in [7, 11) is -0.442. The van der Waals surface area contributed by atoms with E-state index in [2.05, 4.69) is 26.6 Å². The van der Waals surface area contributed by atoms with Crippen molar-refractivity contribution in [2.24, 2.45) is 0 Å². The number of nitrogens with one attached hydrogen (secondary N) is 1. The highest BCUT2D eigenvalue weighted by atomic mass is 32.2. The van der Waals surface area contributed by atoms with Crippen molar-refractivity contribution >= 4 is 27.5 Å². The number of carbonyl (C=O) groups excluding carboxylic acids is 1. The largest absolute Gasteiger partial charge is 0.398 e. The summed E-state index contributed by atoms with van der Waals surface area (Å²) in [4.78, 5) is 21.9. The van der Waals surface area contributed by atoms with Gasteiger partial charge in [-0.05, 0) is 60.1 Å². The average molecular weight is 496 g/mol. The van der Waals surface area contributed by atoms with Gasteiger partial charge in [0.25, 0.3) is 0 Å². The van der Waals surface area contributed by atoms with Crippen LogP contribution in [0.4, 0.5) is 11.4 Å². The lowest BCUT2D eigenvalue weighted by atomic mass is 9.98. The summed E-state index contributed by atoms with van der Waals surface area (Å²) < 4.78 is 30.1. The Bertz CT molecular complexity index is 1290. The zero-order valence-corrected chi connectivity index (χ0v) is 20.6. The third kappa shape index (κ3) is 6.16. The number of hydrogen-bond acceptors (Lipinski definition) is 8. The van der Waals surface area contributed by atoms with Crippen molar-refractivity contribution in [3.8, 4) is 16.9 Å². The van der Waals surface area contributed by atoms with Crippen molar-refractivity contribution in [1.82, 2.24) is 14.6 Å². The number of nitrogen functional groups attached to an aromatic ring is 1. The van der Waals surface area contributed by atoms with E-state index in [-0.39, 0.29) is 18.0 Å². The van der Waals surface area contributed by atoms with Gasteiger partial charge in [-0.2, -0.15) is 13.1 Å². The number of carbonyl (C=O) groups is 1. The number of nitrogens with zero attached hydrogens (tertiary/aromatic N) is 3. The van der Waals surface area contributed by atoms with Crippen molar-refractivity contribution in [3.63, 3.8) is 0 Å². The number of hydrogen-bond donors (Lipinski definition) is 2. The van der Waals surface area contributed by atoms with Gasteiger partial charge in [0.1, 0.15) is 11.4 Å². The number of likely N-dealkylation sites (N-methyl/N-ethyl adjacent to an activating group) is 1. The Hall–Kier alpha value is -3.47. The molecule has 0 saturated carbocycles. The van der Waals surface area contributed by atoms with Crippen LogP contribution in [0.3, 0.4) is 0 Å².